The summed E-state index contributed by atoms with van der Waals surface area (Å²) in [6, 6.07) is 4.88. The monoisotopic (exact) mass is 259 g/mol. The van der Waals surface area contributed by atoms with Gasteiger partial charge in [-0.2, -0.15) is 0 Å². The number of rotatable bonds is 4. The molecule has 0 unspecified atom stereocenters. The number of hydrogen-bond acceptors (Lipinski definition) is 4. The molecule has 0 aromatic heterocycles. The maximum atomic E-state index is 11.8. The van der Waals surface area contributed by atoms with E-state index in [0.717, 1.165) is 0 Å². The minimum absolute atomic E-state index is 0. The maximum Gasteiger partial charge on any atom is 0.269 e. The summed E-state index contributed by atoms with van der Waals surface area (Å²) >= 11 is 0. The highest BCUT2D eigenvalue weighted by Gasteiger charge is 2.20. The summed E-state index contributed by atoms with van der Waals surface area (Å²) in [5.74, 6) is 0.633. The van der Waals surface area contributed by atoms with Gasteiger partial charge in [0.25, 0.3) is 11.5 Å². The minimum Gasteiger partial charge on any atom is -1.00 e. The lowest BCUT2D eigenvalue weighted by Gasteiger charge is -2.07. The Kier molecular flexibility index (Phi) is 6.06. The molecule has 2 N–H and O–H groups in total. The first-order chi connectivity index (χ1) is 7.63. The van der Waals surface area contributed by atoms with Crippen molar-refractivity contribution in [2.75, 3.05) is 14.2 Å². The van der Waals surface area contributed by atoms with E-state index in [4.69, 9.17) is 14.7 Å². The average Bonchev–Trinajstić information content (AvgIpc) is 2.35. The molecule has 0 heterocycles. The van der Waals surface area contributed by atoms with Gasteiger partial charge in [0.05, 0.1) is 19.8 Å². The predicted molar refractivity (Wildman–Crippen MR) is 57.3 cm³/mol. The second-order valence-corrected chi connectivity index (χ2v) is 3.13. The third kappa shape index (κ3) is 3.35. The molecule has 0 bridgehead atoms. The highest BCUT2D eigenvalue weighted by molar-refractivity contribution is 6.43. The van der Waals surface area contributed by atoms with E-state index in [-0.39, 0.29) is 23.9 Å². The molecule has 17 heavy (non-hydrogen) atoms. The fraction of sp³-hybridized carbons (Fsp3) is 0.273. The molecule has 0 aliphatic rings. The van der Waals surface area contributed by atoms with Crippen molar-refractivity contribution < 1.29 is 37.0 Å². The van der Waals surface area contributed by atoms with Gasteiger partial charge in [-0.25, -0.2) is 0 Å². The normalized spacial score (nSPS) is 10.4. The molecule has 0 aliphatic heterocycles. The van der Waals surface area contributed by atoms with Crippen LogP contribution in [0, 0.1) is 0 Å². The lowest BCUT2D eigenvalue weighted by Crippen LogP contribution is -3.00. The van der Waals surface area contributed by atoms with Gasteiger partial charge in [0, 0.05) is 6.92 Å². The summed E-state index contributed by atoms with van der Waals surface area (Å²) in [5.41, 5.74) is 0.451. The molecule has 1 aromatic rings. The molecule has 0 saturated carbocycles. The fourth-order valence-electron chi connectivity index (χ4n) is 1.24. The van der Waals surface area contributed by atoms with Gasteiger partial charge < -0.3 is 21.9 Å². The number of halogens is 1. The van der Waals surface area contributed by atoms with Crippen LogP contribution in [0.15, 0.2) is 18.2 Å². The topological polar surface area (TPSA) is 69.7 Å². The van der Waals surface area contributed by atoms with Crippen LogP contribution in [0.5, 0.6) is 11.5 Å². The summed E-state index contributed by atoms with van der Waals surface area (Å²) in [4.78, 5) is 11.8. The van der Waals surface area contributed by atoms with Crippen LogP contribution in [-0.2, 0) is 0 Å². The number of ketones is 1. The zero-order valence-corrected chi connectivity index (χ0v) is 10.5. The number of ether oxygens (including phenoxy) is 2. The van der Waals surface area contributed by atoms with Crippen molar-refractivity contribution in [2.24, 2.45) is 0 Å². The summed E-state index contributed by atoms with van der Waals surface area (Å²) < 4.78 is 10.1. The van der Waals surface area contributed by atoms with Crippen molar-refractivity contribution in [3.63, 3.8) is 0 Å². The smallest absolute Gasteiger partial charge is 0.269 e. The van der Waals surface area contributed by atoms with E-state index < -0.39 is 0 Å². The van der Waals surface area contributed by atoms with Gasteiger partial charge in [-0.1, -0.05) is 0 Å². The average molecular weight is 260 g/mol. The van der Waals surface area contributed by atoms with E-state index in [1.165, 1.54) is 21.1 Å². The van der Waals surface area contributed by atoms with Crippen molar-refractivity contribution in [3.8, 4) is 11.5 Å². The van der Waals surface area contributed by atoms with Crippen LogP contribution >= 0.6 is 0 Å². The van der Waals surface area contributed by atoms with Crippen molar-refractivity contribution in [1.29, 1.82) is 0 Å². The number of benzene rings is 1. The molecule has 0 amide bonds. The Morgan fingerprint density at radius 3 is 2.41 bits per heavy atom. The highest BCUT2D eigenvalue weighted by Crippen LogP contribution is 2.24. The van der Waals surface area contributed by atoms with Crippen molar-refractivity contribution in [3.05, 3.63) is 23.8 Å². The van der Waals surface area contributed by atoms with Crippen LogP contribution in [0.1, 0.15) is 17.3 Å². The molecular weight excluding hydrogens is 246 g/mol. The minimum atomic E-state index is -0.349. The molecule has 0 atom stereocenters. The van der Waals surface area contributed by atoms with Gasteiger partial charge in [0.2, 0.25) is 0 Å². The van der Waals surface area contributed by atoms with E-state index >= 15 is 0 Å². The molecule has 1 aromatic carbocycles. The second-order valence-electron chi connectivity index (χ2n) is 3.13. The largest absolute Gasteiger partial charge is 1.00 e. The Bertz CT molecular complexity index is 431. The van der Waals surface area contributed by atoms with Gasteiger partial charge in [-0.3, -0.25) is 10.0 Å². The zero-order chi connectivity index (χ0) is 12.1. The number of hydrogen-bond donors (Lipinski definition) is 2. The van der Waals surface area contributed by atoms with E-state index in [1.807, 2.05) is 5.16 Å². The Hall–Kier alpha value is -1.75. The van der Waals surface area contributed by atoms with Gasteiger partial charge in [0.1, 0.15) is 11.5 Å². The number of carbonyl (C=O) groups is 1. The second kappa shape index (κ2) is 6.75. The van der Waals surface area contributed by atoms with Gasteiger partial charge >= 0.3 is 0 Å². The lowest BCUT2D eigenvalue weighted by molar-refractivity contribution is -0.736. The summed E-state index contributed by atoms with van der Waals surface area (Å²) in [5, 5.41) is 10.5. The van der Waals surface area contributed by atoms with Gasteiger partial charge in [0.15, 0.2) is 0 Å². The quantitative estimate of drug-likeness (QED) is 0.259. The Labute approximate surface area is 105 Å². The van der Waals surface area contributed by atoms with Crippen molar-refractivity contribution >= 4 is 11.5 Å². The van der Waals surface area contributed by atoms with Gasteiger partial charge in [-0.15, -0.1) is 0 Å². The van der Waals surface area contributed by atoms with E-state index in [0.29, 0.717) is 17.1 Å². The van der Waals surface area contributed by atoms with Crippen LogP contribution in [0.2, 0.25) is 0 Å². The number of methoxy groups -OCH3 is 2. The maximum absolute atomic E-state index is 11.8. The molecule has 0 aliphatic carbocycles. The van der Waals surface area contributed by atoms with Crippen LogP contribution in [0.4, 0.5) is 0 Å². The molecule has 0 radical (unpaired) electrons. The lowest BCUT2D eigenvalue weighted by atomic mass is 10.1. The molecule has 1 rings (SSSR count). The first-order valence-corrected chi connectivity index (χ1v) is 4.64. The van der Waals surface area contributed by atoms with Crippen LogP contribution in [-0.4, -0.2) is 30.9 Å². The molecule has 5 nitrogen and oxygen atoms in total. The molecule has 94 valence electrons. The zero-order valence-electron chi connectivity index (χ0n) is 9.78. The summed E-state index contributed by atoms with van der Waals surface area (Å²) in [7, 11) is 2.98. The first kappa shape index (κ1) is 15.2. The van der Waals surface area contributed by atoms with E-state index in [2.05, 4.69) is 0 Å². The van der Waals surface area contributed by atoms with Crippen LogP contribution < -0.4 is 27.0 Å². The first-order valence-electron chi connectivity index (χ1n) is 4.64. The summed E-state index contributed by atoms with van der Waals surface area (Å²) in [6.45, 7) is 1.47. The Morgan fingerprint density at radius 1 is 1.29 bits per heavy atom. The number of carbonyl (C=O) groups excluding carboxylic acids is 1. The number of nitrogens with one attached hydrogen (secondary N) is 1. The summed E-state index contributed by atoms with van der Waals surface area (Å²) in [6.07, 6.45) is 0. The third-order valence-electron chi connectivity index (χ3n) is 2.16. The molecular formula is C11H14ClNO4. The van der Waals surface area contributed by atoms with Gasteiger partial charge in [-0.05, 0) is 23.4 Å². The third-order valence-corrected chi connectivity index (χ3v) is 2.16. The Balaban J connectivity index is 0.00000256. The molecule has 0 saturated heterocycles. The molecule has 0 fully saturated rings. The Morgan fingerprint density at radius 2 is 1.94 bits per heavy atom. The van der Waals surface area contributed by atoms with Crippen molar-refractivity contribution in [1.82, 2.24) is 0 Å². The molecule has 0 spiro atoms. The fourth-order valence-corrected chi connectivity index (χ4v) is 1.24. The van der Waals surface area contributed by atoms with E-state index in [9.17, 15) is 4.79 Å². The predicted octanol–water partition coefficient (Wildman–Crippen LogP) is -3.18. The SMILES string of the molecule is COc1ccc(OC)c(C(=O)/C(C)=[NH+]/O)c1.[Cl-]. The van der Waals surface area contributed by atoms with Crippen molar-refractivity contribution in [2.45, 2.75) is 6.92 Å². The standard InChI is InChI=1S/C11H13NO4.ClH/c1-7(12-14)11(13)9-6-8(15-2)4-5-10(9)16-3;/h4-6,14H,1-3H3;1H/b12-7+;. The van der Waals surface area contributed by atoms with Crippen LogP contribution in [0.3, 0.4) is 0 Å². The molecule has 6 heteroatoms. The number of Topliss-reactive ketones (excluding diaryl/α,β-unsaturated/α-hetero) is 1. The van der Waals surface area contributed by atoms with E-state index in [1.54, 1.807) is 18.2 Å². The van der Waals surface area contributed by atoms with Crippen LogP contribution in [0.25, 0.3) is 0 Å². The highest BCUT2D eigenvalue weighted by atomic mass is 35.5.